The monoisotopic (exact) mass is 272 g/mol. The van der Waals surface area contributed by atoms with Gasteiger partial charge in [0.1, 0.15) is 17.4 Å². The number of carbonyl (C=O) groups excluding carboxylic acids is 2. The van der Waals surface area contributed by atoms with E-state index in [2.05, 4.69) is 0 Å². The van der Waals surface area contributed by atoms with Crippen LogP contribution in [-0.4, -0.2) is 24.6 Å². The largest absolute Gasteiger partial charge is 0.513 e. The van der Waals surface area contributed by atoms with Gasteiger partial charge in [-0.1, -0.05) is 13.0 Å². The van der Waals surface area contributed by atoms with E-state index in [1.54, 1.807) is 18.2 Å². The highest BCUT2D eigenvalue weighted by atomic mass is 35.5. The lowest BCUT2D eigenvalue weighted by atomic mass is 10.3. The highest BCUT2D eigenvalue weighted by Crippen LogP contribution is 2.20. The van der Waals surface area contributed by atoms with Gasteiger partial charge in [0, 0.05) is 6.07 Å². The van der Waals surface area contributed by atoms with Crippen LogP contribution in [0, 0.1) is 0 Å². The van der Waals surface area contributed by atoms with Crippen LogP contribution >= 0.6 is 11.6 Å². The van der Waals surface area contributed by atoms with E-state index in [0.717, 1.165) is 0 Å². The van der Waals surface area contributed by atoms with E-state index in [4.69, 9.17) is 25.8 Å². The van der Waals surface area contributed by atoms with E-state index in [1.807, 2.05) is 6.92 Å². The molecule has 6 heteroatoms. The van der Waals surface area contributed by atoms with Crippen LogP contribution in [0.2, 0.25) is 0 Å². The van der Waals surface area contributed by atoms with Crippen molar-refractivity contribution in [3.8, 4) is 11.5 Å². The molecule has 0 aliphatic heterocycles. The van der Waals surface area contributed by atoms with Gasteiger partial charge in [0.2, 0.25) is 0 Å². The summed E-state index contributed by atoms with van der Waals surface area (Å²) in [6.45, 7) is 2.17. The van der Waals surface area contributed by atoms with Crippen molar-refractivity contribution >= 4 is 23.7 Å². The molecule has 0 saturated heterocycles. The lowest BCUT2D eigenvalue weighted by molar-refractivity contribution is -0.131. The van der Waals surface area contributed by atoms with Crippen LogP contribution in [0.3, 0.4) is 0 Å². The second-order valence-corrected chi connectivity index (χ2v) is 3.55. The van der Waals surface area contributed by atoms with E-state index < -0.39 is 12.1 Å². The number of halogens is 1. The zero-order chi connectivity index (χ0) is 13.4. The Balaban J connectivity index is 2.59. The van der Waals surface area contributed by atoms with Gasteiger partial charge in [-0.25, -0.2) is 4.79 Å². The number of carbonyl (C=O) groups is 2. The lowest BCUT2D eigenvalue weighted by Gasteiger charge is -2.06. The summed E-state index contributed by atoms with van der Waals surface area (Å²) in [6, 6.07) is 6.08. The molecular weight excluding hydrogens is 260 g/mol. The van der Waals surface area contributed by atoms with Crippen molar-refractivity contribution < 1.29 is 23.8 Å². The average molecular weight is 273 g/mol. The Kier molecular flexibility index (Phi) is 6.00. The number of esters is 1. The topological polar surface area (TPSA) is 61.8 Å². The fourth-order valence-electron chi connectivity index (χ4n) is 1.07. The highest BCUT2D eigenvalue weighted by Gasteiger charge is 2.08. The standard InChI is InChI=1S/C12H13ClO5/c1-2-6-16-12(15)18-10-5-3-4-9(7-10)17-11(14)8-13/h3-5,7H,2,6,8H2,1H3. The molecule has 0 saturated carbocycles. The summed E-state index contributed by atoms with van der Waals surface area (Å²) in [5, 5.41) is 0. The van der Waals surface area contributed by atoms with Gasteiger partial charge in [0.15, 0.2) is 0 Å². The molecule has 0 fully saturated rings. The van der Waals surface area contributed by atoms with E-state index in [0.29, 0.717) is 13.0 Å². The molecule has 0 bridgehead atoms. The average Bonchev–Trinajstić information content (AvgIpc) is 2.36. The quantitative estimate of drug-likeness (QED) is 0.357. The first-order valence-electron chi connectivity index (χ1n) is 5.37. The third kappa shape index (κ3) is 5.05. The van der Waals surface area contributed by atoms with Crippen molar-refractivity contribution in [3.63, 3.8) is 0 Å². The van der Waals surface area contributed by atoms with Gasteiger partial charge in [-0.15, -0.1) is 11.6 Å². The van der Waals surface area contributed by atoms with E-state index in [9.17, 15) is 9.59 Å². The van der Waals surface area contributed by atoms with Crippen LogP contribution in [0.25, 0.3) is 0 Å². The number of hydrogen-bond acceptors (Lipinski definition) is 5. The van der Waals surface area contributed by atoms with Crippen LogP contribution in [0.15, 0.2) is 24.3 Å². The molecule has 0 aliphatic rings. The molecule has 98 valence electrons. The SMILES string of the molecule is CCCOC(=O)Oc1cccc(OC(=O)CCl)c1. The molecule has 0 N–H and O–H groups in total. The van der Waals surface area contributed by atoms with Gasteiger partial charge in [-0.2, -0.15) is 0 Å². The number of benzene rings is 1. The second-order valence-electron chi connectivity index (χ2n) is 3.28. The van der Waals surface area contributed by atoms with Gasteiger partial charge in [-0.3, -0.25) is 4.79 Å². The number of ether oxygens (including phenoxy) is 3. The van der Waals surface area contributed by atoms with Gasteiger partial charge in [-0.05, 0) is 18.6 Å². The van der Waals surface area contributed by atoms with Crippen molar-refractivity contribution in [2.45, 2.75) is 13.3 Å². The maximum Gasteiger partial charge on any atom is 0.513 e. The number of alkyl halides is 1. The van der Waals surface area contributed by atoms with Crippen LogP contribution in [0.1, 0.15) is 13.3 Å². The van der Waals surface area contributed by atoms with Crippen molar-refractivity contribution in [1.29, 1.82) is 0 Å². The molecule has 0 aromatic heterocycles. The van der Waals surface area contributed by atoms with Gasteiger partial charge < -0.3 is 14.2 Å². The van der Waals surface area contributed by atoms with Gasteiger partial charge >= 0.3 is 12.1 Å². The molecule has 1 aromatic rings. The lowest BCUT2D eigenvalue weighted by Crippen LogP contribution is -2.12. The molecule has 0 aliphatic carbocycles. The molecule has 1 rings (SSSR count). The fourth-order valence-corrected chi connectivity index (χ4v) is 1.13. The predicted molar refractivity (Wildman–Crippen MR) is 65.1 cm³/mol. The third-order valence-electron chi connectivity index (χ3n) is 1.77. The van der Waals surface area contributed by atoms with Crippen molar-refractivity contribution in [3.05, 3.63) is 24.3 Å². The Bertz CT molecular complexity index is 419. The molecule has 5 nitrogen and oxygen atoms in total. The highest BCUT2D eigenvalue weighted by molar-refractivity contribution is 6.26. The molecular formula is C12H13ClO5. The first-order valence-corrected chi connectivity index (χ1v) is 5.90. The molecule has 18 heavy (non-hydrogen) atoms. The van der Waals surface area contributed by atoms with E-state index in [1.165, 1.54) is 6.07 Å². The Hall–Kier alpha value is -1.75. The summed E-state index contributed by atoms with van der Waals surface area (Å²) in [7, 11) is 0. The third-order valence-corrected chi connectivity index (χ3v) is 1.99. The molecule has 0 amide bonds. The van der Waals surface area contributed by atoms with Gasteiger partial charge in [0.25, 0.3) is 0 Å². The Morgan fingerprint density at radius 1 is 1.22 bits per heavy atom. The zero-order valence-electron chi connectivity index (χ0n) is 9.85. The Morgan fingerprint density at radius 3 is 2.50 bits per heavy atom. The first-order chi connectivity index (χ1) is 8.65. The molecule has 0 unspecified atom stereocenters. The minimum absolute atomic E-state index is 0.232. The summed E-state index contributed by atoms with van der Waals surface area (Å²) < 4.78 is 14.5. The maximum absolute atomic E-state index is 11.2. The van der Waals surface area contributed by atoms with Crippen LogP contribution < -0.4 is 9.47 Å². The van der Waals surface area contributed by atoms with E-state index >= 15 is 0 Å². The van der Waals surface area contributed by atoms with Gasteiger partial charge in [0.05, 0.1) is 6.61 Å². The number of rotatable bonds is 5. The van der Waals surface area contributed by atoms with Crippen LogP contribution in [0.4, 0.5) is 4.79 Å². The first kappa shape index (κ1) is 14.3. The zero-order valence-corrected chi connectivity index (χ0v) is 10.6. The van der Waals surface area contributed by atoms with E-state index in [-0.39, 0.29) is 17.4 Å². The van der Waals surface area contributed by atoms with Crippen molar-refractivity contribution in [2.24, 2.45) is 0 Å². The summed E-state index contributed by atoms with van der Waals surface area (Å²) in [5.74, 6) is -0.344. The smallest absolute Gasteiger partial charge is 0.434 e. The Labute approximate surface area is 110 Å². The summed E-state index contributed by atoms with van der Waals surface area (Å²) in [4.78, 5) is 22.2. The molecule has 1 aromatic carbocycles. The van der Waals surface area contributed by atoms with Crippen LogP contribution in [-0.2, 0) is 9.53 Å². The Morgan fingerprint density at radius 2 is 1.89 bits per heavy atom. The minimum Gasteiger partial charge on any atom is -0.434 e. The predicted octanol–water partition coefficient (Wildman–Crippen LogP) is 2.76. The second kappa shape index (κ2) is 7.55. The fraction of sp³-hybridized carbons (Fsp3) is 0.333. The van der Waals surface area contributed by atoms with Crippen molar-refractivity contribution in [1.82, 2.24) is 0 Å². The summed E-state index contributed by atoms with van der Waals surface area (Å²) in [5.41, 5.74) is 0. The molecule has 0 atom stereocenters. The summed E-state index contributed by atoms with van der Waals surface area (Å²) in [6.07, 6.45) is -0.0830. The minimum atomic E-state index is -0.794. The normalized spacial score (nSPS) is 9.67. The van der Waals surface area contributed by atoms with Crippen LogP contribution in [0.5, 0.6) is 11.5 Å². The molecule has 0 spiro atoms. The molecule has 0 radical (unpaired) electrons. The number of hydrogen-bond donors (Lipinski definition) is 0. The maximum atomic E-state index is 11.2. The summed E-state index contributed by atoms with van der Waals surface area (Å²) >= 11 is 5.30. The van der Waals surface area contributed by atoms with Crippen molar-refractivity contribution in [2.75, 3.05) is 12.5 Å². The molecule has 0 heterocycles.